The molecule has 0 aromatic heterocycles. The zero-order valence-corrected chi connectivity index (χ0v) is 10.4. The first kappa shape index (κ1) is 12.1. The van der Waals surface area contributed by atoms with Crippen LogP contribution in [-0.4, -0.2) is 13.3 Å². The largest absolute Gasteiger partial charge is 0.270 e. The molecule has 0 bridgehead atoms. The lowest BCUT2D eigenvalue weighted by molar-refractivity contribution is -0.385. The average molecular weight is 339 g/mol. The molecule has 0 radical (unpaired) electrons. The number of non-ortho nitro benzene ring substituents is 1. The van der Waals surface area contributed by atoms with E-state index in [9.17, 15) is 18.5 Å². The molecule has 0 N–H and O–H groups in total. The molecule has 0 amide bonds. The van der Waals surface area contributed by atoms with Crippen LogP contribution in [-0.2, 0) is 9.84 Å². The predicted molar refractivity (Wildman–Crippen MR) is 63.2 cm³/mol. The second kappa shape index (κ2) is 4.27. The van der Waals surface area contributed by atoms with E-state index in [0.29, 0.717) is 3.57 Å². The average Bonchev–Trinajstić information content (AvgIpc) is 2.17. The fourth-order valence-electron chi connectivity index (χ4n) is 0.924. The first-order valence-corrected chi connectivity index (χ1v) is 6.32. The molecular formula is C8H6INO4S. The number of nitrogens with zero attached hydrogens (tertiary/aromatic N) is 1. The number of nitro benzene ring substituents is 1. The summed E-state index contributed by atoms with van der Waals surface area (Å²) in [5, 5.41) is 11.2. The molecule has 0 aliphatic heterocycles. The molecule has 0 heterocycles. The molecule has 1 aromatic rings. The van der Waals surface area contributed by atoms with Gasteiger partial charge in [0.15, 0.2) is 9.84 Å². The topological polar surface area (TPSA) is 77.3 Å². The molecule has 0 aliphatic carbocycles. The smallest absolute Gasteiger partial charge is 0.258 e. The van der Waals surface area contributed by atoms with E-state index in [0.717, 1.165) is 11.5 Å². The Labute approximate surface area is 100 Å². The molecule has 0 unspecified atom stereocenters. The third kappa shape index (κ3) is 2.53. The van der Waals surface area contributed by atoms with E-state index in [1.807, 2.05) is 0 Å². The summed E-state index contributed by atoms with van der Waals surface area (Å²) in [7, 11) is -3.54. The van der Waals surface area contributed by atoms with Crippen LogP contribution in [0.3, 0.4) is 0 Å². The van der Waals surface area contributed by atoms with E-state index >= 15 is 0 Å². The first-order valence-electron chi connectivity index (χ1n) is 3.70. The highest BCUT2D eigenvalue weighted by Crippen LogP contribution is 2.24. The van der Waals surface area contributed by atoms with Gasteiger partial charge in [-0.2, -0.15) is 0 Å². The van der Waals surface area contributed by atoms with Crippen LogP contribution >= 0.6 is 22.6 Å². The van der Waals surface area contributed by atoms with Crippen molar-refractivity contribution in [3.05, 3.63) is 43.9 Å². The predicted octanol–water partition coefficient (Wildman–Crippen LogP) is 2.12. The highest BCUT2D eigenvalue weighted by Gasteiger charge is 2.16. The van der Waals surface area contributed by atoms with Gasteiger partial charge in [-0.1, -0.05) is 6.58 Å². The van der Waals surface area contributed by atoms with Crippen molar-refractivity contribution in [2.24, 2.45) is 0 Å². The van der Waals surface area contributed by atoms with Crippen LogP contribution < -0.4 is 0 Å². The van der Waals surface area contributed by atoms with Crippen molar-refractivity contribution in [3.8, 4) is 0 Å². The molecule has 1 aromatic carbocycles. The number of hydrogen-bond donors (Lipinski definition) is 0. The van der Waals surface area contributed by atoms with Crippen molar-refractivity contribution in [1.82, 2.24) is 0 Å². The van der Waals surface area contributed by atoms with Gasteiger partial charge in [0.1, 0.15) is 0 Å². The van der Waals surface area contributed by atoms with Crippen molar-refractivity contribution < 1.29 is 13.3 Å². The number of nitro groups is 1. The van der Waals surface area contributed by atoms with Gasteiger partial charge in [-0.25, -0.2) is 8.42 Å². The minimum atomic E-state index is -3.54. The molecule has 0 aliphatic rings. The monoisotopic (exact) mass is 339 g/mol. The molecule has 0 saturated heterocycles. The van der Waals surface area contributed by atoms with E-state index in [1.54, 1.807) is 22.6 Å². The Morgan fingerprint density at radius 2 is 2.07 bits per heavy atom. The van der Waals surface area contributed by atoms with Crippen molar-refractivity contribution in [3.63, 3.8) is 0 Å². The van der Waals surface area contributed by atoms with Crippen LogP contribution in [0.4, 0.5) is 5.69 Å². The normalized spacial score (nSPS) is 11.0. The standard InChI is InChI=1S/C8H6INO4S/c1-2-15(13,14)8-4-3-6(10(11)12)5-7(8)9/h2-5H,1H2. The van der Waals surface area contributed by atoms with E-state index < -0.39 is 14.8 Å². The second-order valence-corrected chi connectivity index (χ2v) is 5.61. The molecule has 80 valence electrons. The number of sulfone groups is 1. The summed E-state index contributed by atoms with van der Waals surface area (Å²) in [6.45, 7) is 3.18. The Bertz CT molecular complexity index is 523. The van der Waals surface area contributed by atoms with Gasteiger partial charge in [0.25, 0.3) is 5.69 Å². The molecule has 5 nitrogen and oxygen atoms in total. The van der Waals surface area contributed by atoms with Gasteiger partial charge >= 0.3 is 0 Å². The molecule has 7 heteroatoms. The van der Waals surface area contributed by atoms with E-state index in [1.165, 1.54) is 12.1 Å². The zero-order chi connectivity index (χ0) is 11.6. The van der Waals surface area contributed by atoms with Gasteiger partial charge in [-0.05, 0) is 28.7 Å². The Balaban J connectivity index is 3.38. The summed E-state index contributed by atoms with van der Waals surface area (Å²) < 4.78 is 23.1. The third-order valence-electron chi connectivity index (χ3n) is 1.65. The third-order valence-corrected chi connectivity index (χ3v) is 4.32. The lowest BCUT2D eigenvalue weighted by atomic mass is 10.3. The van der Waals surface area contributed by atoms with E-state index in [-0.39, 0.29) is 10.6 Å². The van der Waals surface area contributed by atoms with Crippen LogP contribution in [0.5, 0.6) is 0 Å². The quantitative estimate of drug-likeness (QED) is 0.480. The Morgan fingerprint density at radius 1 is 1.47 bits per heavy atom. The minimum Gasteiger partial charge on any atom is -0.258 e. The van der Waals surface area contributed by atoms with E-state index in [4.69, 9.17) is 0 Å². The van der Waals surface area contributed by atoms with Crippen LogP contribution in [0.1, 0.15) is 0 Å². The van der Waals surface area contributed by atoms with Crippen molar-refractivity contribution in [2.45, 2.75) is 4.90 Å². The Morgan fingerprint density at radius 3 is 2.47 bits per heavy atom. The maximum Gasteiger partial charge on any atom is 0.270 e. The number of halogens is 1. The molecule has 0 saturated carbocycles. The molecule has 0 fully saturated rings. The van der Waals surface area contributed by atoms with Crippen LogP contribution in [0.15, 0.2) is 35.1 Å². The number of hydrogen-bond acceptors (Lipinski definition) is 4. The van der Waals surface area contributed by atoms with Gasteiger partial charge in [0, 0.05) is 21.1 Å². The summed E-state index contributed by atoms with van der Waals surface area (Å²) in [5.41, 5.74) is -0.137. The van der Waals surface area contributed by atoms with Gasteiger partial charge in [0.2, 0.25) is 0 Å². The molecule has 0 spiro atoms. The maximum atomic E-state index is 11.4. The SMILES string of the molecule is C=CS(=O)(=O)c1ccc([N+](=O)[O-])cc1I. The fourth-order valence-corrected chi connectivity index (χ4v) is 3.11. The number of benzene rings is 1. The molecule has 0 atom stereocenters. The summed E-state index contributed by atoms with van der Waals surface area (Å²) in [6.07, 6.45) is 0. The Kier molecular flexibility index (Phi) is 3.45. The summed E-state index contributed by atoms with van der Waals surface area (Å²) in [6, 6.07) is 3.56. The van der Waals surface area contributed by atoms with Gasteiger partial charge < -0.3 is 0 Å². The summed E-state index contributed by atoms with van der Waals surface area (Å²) >= 11 is 1.74. The van der Waals surface area contributed by atoms with Gasteiger partial charge in [-0.15, -0.1) is 0 Å². The van der Waals surface area contributed by atoms with Crippen molar-refractivity contribution >= 4 is 38.1 Å². The number of rotatable bonds is 3. The summed E-state index contributed by atoms with van der Waals surface area (Å²) in [5.74, 6) is 0. The van der Waals surface area contributed by atoms with Crippen molar-refractivity contribution in [2.75, 3.05) is 0 Å². The Hall–Kier alpha value is -0.960. The lowest BCUT2D eigenvalue weighted by Gasteiger charge is -2.01. The van der Waals surface area contributed by atoms with Crippen molar-refractivity contribution in [1.29, 1.82) is 0 Å². The highest BCUT2D eigenvalue weighted by molar-refractivity contribution is 14.1. The second-order valence-electron chi connectivity index (χ2n) is 2.58. The molecule has 15 heavy (non-hydrogen) atoms. The first-order chi connectivity index (χ1) is 6.88. The van der Waals surface area contributed by atoms with Crippen LogP contribution in [0.2, 0.25) is 0 Å². The highest BCUT2D eigenvalue weighted by atomic mass is 127. The molecular weight excluding hydrogens is 333 g/mol. The zero-order valence-electron chi connectivity index (χ0n) is 7.38. The van der Waals surface area contributed by atoms with Crippen LogP contribution in [0.25, 0.3) is 0 Å². The fraction of sp³-hybridized carbons (Fsp3) is 0. The van der Waals surface area contributed by atoms with E-state index in [2.05, 4.69) is 6.58 Å². The summed E-state index contributed by atoms with van der Waals surface area (Å²) in [4.78, 5) is 9.87. The van der Waals surface area contributed by atoms with Gasteiger partial charge in [-0.3, -0.25) is 10.1 Å². The maximum absolute atomic E-state index is 11.4. The lowest BCUT2D eigenvalue weighted by Crippen LogP contribution is -1.99. The van der Waals surface area contributed by atoms with Gasteiger partial charge in [0.05, 0.1) is 9.82 Å². The molecule has 1 rings (SSSR count). The van der Waals surface area contributed by atoms with Crippen LogP contribution in [0, 0.1) is 13.7 Å². The minimum absolute atomic E-state index is 0.0312.